The van der Waals surface area contributed by atoms with Crippen LogP contribution in [0.3, 0.4) is 0 Å². The summed E-state index contributed by atoms with van der Waals surface area (Å²) >= 11 is 0. The van der Waals surface area contributed by atoms with Crippen LogP contribution in [0, 0.1) is 0 Å². The number of benzene rings is 1. The third-order valence-electron chi connectivity index (χ3n) is 2.84. The second-order valence-corrected chi connectivity index (χ2v) is 4.51. The molecule has 0 unspecified atom stereocenters. The number of ketones is 1. The molecule has 0 amide bonds. The molecule has 1 aliphatic carbocycles. The first kappa shape index (κ1) is 12.1. The van der Waals surface area contributed by atoms with Crippen molar-refractivity contribution in [3.05, 3.63) is 29.8 Å². The summed E-state index contributed by atoms with van der Waals surface area (Å²) in [6.45, 7) is 0.651. The Kier molecular flexibility index (Phi) is 4.15. The molecule has 3 nitrogen and oxygen atoms in total. The van der Waals surface area contributed by atoms with Crippen LogP contribution in [0.4, 0.5) is 0 Å². The van der Waals surface area contributed by atoms with Gasteiger partial charge in [-0.3, -0.25) is 4.79 Å². The molecule has 0 saturated heterocycles. The fourth-order valence-corrected chi connectivity index (χ4v) is 1.70. The summed E-state index contributed by atoms with van der Waals surface area (Å²) in [4.78, 5) is 11.9. The number of unbranched alkanes of at least 4 members (excludes halogenated alkanes) is 1. The van der Waals surface area contributed by atoms with Crippen LogP contribution in [0.1, 0.15) is 42.5 Å². The average molecular weight is 233 g/mol. The van der Waals surface area contributed by atoms with Crippen molar-refractivity contribution >= 4 is 5.78 Å². The fourth-order valence-electron chi connectivity index (χ4n) is 1.70. The minimum Gasteiger partial charge on any atom is -0.490 e. The summed E-state index contributed by atoms with van der Waals surface area (Å²) in [5, 5.41) is 0. The quantitative estimate of drug-likeness (QED) is 0.581. The van der Waals surface area contributed by atoms with Crippen molar-refractivity contribution in [2.24, 2.45) is 5.73 Å². The second kappa shape index (κ2) is 5.82. The van der Waals surface area contributed by atoms with Gasteiger partial charge in [-0.15, -0.1) is 0 Å². The zero-order valence-corrected chi connectivity index (χ0v) is 10.0. The van der Waals surface area contributed by atoms with Gasteiger partial charge in [-0.05, 0) is 44.4 Å². The minimum atomic E-state index is 0.180. The molecule has 1 aromatic carbocycles. The average Bonchev–Trinajstić information content (AvgIpc) is 3.13. The van der Waals surface area contributed by atoms with E-state index in [1.54, 1.807) is 0 Å². The van der Waals surface area contributed by atoms with Gasteiger partial charge in [0.15, 0.2) is 5.78 Å². The van der Waals surface area contributed by atoms with Crippen molar-refractivity contribution in [1.82, 2.24) is 0 Å². The van der Waals surface area contributed by atoms with Crippen molar-refractivity contribution in [1.29, 1.82) is 0 Å². The molecule has 2 rings (SSSR count). The van der Waals surface area contributed by atoms with Crippen LogP contribution in [0.5, 0.6) is 5.75 Å². The van der Waals surface area contributed by atoms with E-state index in [1.807, 2.05) is 24.3 Å². The maximum Gasteiger partial charge on any atom is 0.163 e. The summed E-state index contributed by atoms with van der Waals surface area (Å²) < 4.78 is 5.67. The Hall–Kier alpha value is -1.35. The third-order valence-corrected chi connectivity index (χ3v) is 2.84. The van der Waals surface area contributed by atoms with Gasteiger partial charge in [-0.25, -0.2) is 0 Å². The van der Waals surface area contributed by atoms with Crippen molar-refractivity contribution in [3.8, 4) is 5.75 Å². The number of Topliss-reactive ketones (excluding diaryl/α,β-unsaturated/α-hetero) is 1. The zero-order chi connectivity index (χ0) is 12.1. The van der Waals surface area contributed by atoms with Gasteiger partial charge in [0.2, 0.25) is 0 Å². The van der Waals surface area contributed by atoms with E-state index < -0.39 is 0 Å². The van der Waals surface area contributed by atoms with E-state index in [4.69, 9.17) is 10.5 Å². The first-order chi connectivity index (χ1) is 8.29. The van der Waals surface area contributed by atoms with Gasteiger partial charge >= 0.3 is 0 Å². The van der Waals surface area contributed by atoms with Crippen LogP contribution in [0.2, 0.25) is 0 Å². The van der Waals surface area contributed by atoms with Gasteiger partial charge in [0.25, 0.3) is 0 Å². The van der Waals surface area contributed by atoms with E-state index in [1.165, 1.54) is 0 Å². The Morgan fingerprint density at radius 2 is 2.18 bits per heavy atom. The zero-order valence-electron chi connectivity index (χ0n) is 10.0. The highest BCUT2D eigenvalue weighted by Gasteiger charge is 2.23. The van der Waals surface area contributed by atoms with Crippen LogP contribution < -0.4 is 10.5 Å². The summed E-state index contributed by atoms with van der Waals surface area (Å²) in [6.07, 6.45) is 4.98. The van der Waals surface area contributed by atoms with E-state index >= 15 is 0 Å². The molecular formula is C14H19NO2. The van der Waals surface area contributed by atoms with Crippen molar-refractivity contribution in [2.75, 3.05) is 6.54 Å². The largest absolute Gasteiger partial charge is 0.490 e. The number of carbonyl (C=O) groups is 1. The Balaban J connectivity index is 1.91. The molecule has 1 aliphatic rings. The molecule has 17 heavy (non-hydrogen) atoms. The molecule has 0 radical (unpaired) electrons. The molecular weight excluding hydrogens is 214 g/mol. The van der Waals surface area contributed by atoms with Crippen LogP contribution >= 0.6 is 0 Å². The molecule has 3 heteroatoms. The van der Waals surface area contributed by atoms with Gasteiger partial charge < -0.3 is 10.5 Å². The molecule has 1 saturated carbocycles. The van der Waals surface area contributed by atoms with Crippen molar-refractivity contribution in [3.63, 3.8) is 0 Å². The second-order valence-electron chi connectivity index (χ2n) is 4.51. The lowest BCUT2D eigenvalue weighted by molar-refractivity contribution is 0.0979. The van der Waals surface area contributed by atoms with E-state index in [0.29, 0.717) is 19.1 Å². The molecule has 1 fully saturated rings. The maximum atomic E-state index is 11.9. The van der Waals surface area contributed by atoms with Gasteiger partial charge in [0.05, 0.1) is 6.10 Å². The molecule has 0 bridgehead atoms. The van der Waals surface area contributed by atoms with Crippen LogP contribution in [0.25, 0.3) is 0 Å². The molecule has 0 aromatic heterocycles. The number of rotatable bonds is 7. The highest BCUT2D eigenvalue weighted by molar-refractivity contribution is 5.96. The first-order valence-electron chi connectivity index (χ1n) is 6.29. The third kappa shape index (κ3) is 3.86. The smallest absolute Gasteiger partial charge is 0.163 e. The van der Waals surface area contributed by atoms with Gasteiger partial charge in [-0.1, -0.05) is 12.1 Å². The Bertz CT molecular complexity index is 386. The highest BCUT2D eigenvalue weighted by atomic mass is 16.5. The lowest BCUT2D eigenvalue weighted by Gasteiger charge is -2.06. The van der Waals surface area contributed by atoms with E-state index in [0.717, 1.165) is 37.0 Å². The first-order valence-corrected chi connectivity index (χ1v) is 6.29. The van der Waals surface area contributed by atoms with Crippen molar-refractivity contribution < 1.29 is 9.53 Å². The Labute approximate surface area is 102 Å². The molecule has 0 aliphatic heterocycles. The Morgan fingerprint density at radius 3 is 2.88 bits per heavy atom. The normalized spacial score (nSPS) is 14.6. The molecule has 2 N–H and O–H groups in total. The lowest BCUT2D eigenvalue weighted by Crippen LogP contribution is -2.03. The van der Waals surface area contributed by atoms with E-state index in [9.17, 15) is 4.79 Å². The number of ether oxygens (including phenoxy) is 1. The van der Waals surface area contributed by atoms with Gasteiger partial charge in [0.1, 0.15) is 5.75 Å². The molecule has 1 aromatic rings. The molecule has 92 valence electrons. The van der Waals surface area contributed by atoms with Gasteiger partial charge in [0, 0.05) is 12.0 Å². The minimum absolute atomic E-state index is 0.180. The van der Waals surface area contributed by atoms with Crippen LogP contribution in [-0.2, 0) is 0 Å². The number of hydrogen-bond donors (Lipinski definition) is 1. The summed E-state index contributed by atoms with van der Waals surface area (Å²) in [7, 11) is 0. The Morgan fingerprint density at radius 1 is 1.35 bits per heavy atom. The fraction of sp³-hybridized carbons (Fsp3) is 0.500. The van der Waals surface area contributed by atoms with E-state index in [-0.39, 0.29) is 5.78 Å². The van der Waals surface area contributed by atoms with Crippen LogP contribution in [-0.4, -0.2) is 18.4 Å². The predicted molar refractivity (Wildman–Crippen MR) is 67.3 cm³/mol. The summed E-state index contributed by atoms with van der Waals surface area (Å²) in [5.74, 6) is 0.997. The monoisotopic (exact) mass is 233 g/mol. The number of nitrogens with two attached hydrogens (primary N) is 1. The highest BCUT2D eigenvalue weighted by Crippen LogP contribution is 2.27. The standard InChI is InChI=1S/C14H19NO2/c15-9-2-1-6-14(16)11-4-3-5-13(10-11)17-12-7-8-12/h3-5,10,12H,1-2,6-9,15H2. The van der Waals surface area contributed by atoms with Crippen molar-refractivity contribution in [2.45, 2.75) is 38.2 Å². The summed E-state index contributed by atoms with van der Waals surface area (Å²) in [5.41, 5.74) is 6.16. The predicted octanol–water partition coefficient (Wildman–Crippen LogP) is 2.54. The molecule has 0 spiro atoms. The van der Waals surface area contributed by atoms with E-state index in [2.05, 4.69) is 0 Å². The molecule has 0 atom stereocenters. The molecule has 0 heterocycles. The summed E-state index contributed by atoms with van der Waals surface area (Å²) in [6, 6.07) is 7.50. The maximum absolute atomic E-state index is 11.9. The topological polar surface area (TPSA) is 52.3 Å². The van der Waals surface area contributed by atoms with Crippen LogP contribution in [0.15, 0.2) is 24.3 Å². The number of hydrogen-bond acceptors (Lipinski definition) is 3. The lowest BCUT2D eigenvalue weighted by atomic mass is 10.1. The number of carbonyl (C=O) groups excluding carboxylic acids is 1. The van der Waals surface area contributed by atoms with Gasteiger partial charge in [-0.2, -0.15) is 0 Å². The SMILES string of the molecule is NCCCCC(=O)c1cccc(OC2CC2)c1.